The van der Waals surface area contributed by atoms with Crippen LogP contribution >= 0.6 is 0 Å². The van der Waals surface area contributed by atoms with E-state index < -0.39 is 5.97 Å². The van der Waals surface area contributed by atoms with Gasteiger partial charge in [-0.15, -0.1) is 0 Å². The monoisotopic (exact) mass is 496 g/mol. The Morgan fingerprint density at radius 2 is 1.95 bits per heavy atom. The lowest BCUT2D eigenvalue weighted by Gasteiger charge is -2.41. The van der Waals surface area contributed by atoms with Gasteiger partial charge in [-0.05, 0) is 36.4 Å². The molecule has 2 aliphatic rings. The van der Waals surface area contributed by atoms with Crippen molar-refractivity contribution in [1.82, 2.24) is 14.9 Å². The maximum atomic E-state index is 12.3. The Kier molecular flexibility index (Phi) is 6.49. The second kappa shape index (κ2) is 9.90. The number of piperazine rings is 1. The van der Waals surface area contributed by atoms with Gasteiger partial charge < -0.3 is 24.7 Å². The SMILES string of the molecule is [C-]#[N+]C[C@H]1CN(c2nc(C(=O)O)nc3c2CCN(c2cccc4cccc(C)c24)C3)CCN1C(=O)C=C. The Morgan fingerprint density at radius 3 is 2.68 bits per heavy atom. The summed E-state index contributed by atoms with van der Waals surface area (Å²) in [5.41, 5.74) is 3.92. The Balaban J connectivity index is 1.51. The average Bonchev–Trinajstić information content (AvgIpc) is 2.91. The number of carbonyl (C=O) groups is 2. The molecular weight excluding hydrogens is 468 g/mol. The van der Waals surface area contributed by atoms with Crippen molar-refractivity contribution in [2.75, 3.05) is 42.5 Å². The highest BCUT2D eigenvalue weighted by molar-refractivity contribution is 5.97. The number of aromatic nitrogens is 2. The maximum Gasteiger partial charge on any atom is 0.374 e. The molecular formula is C28H28N6O3. The fourth-order valence-electron chi connectivity index (χ4n) is 5.46. The van der Waals surface area contributed by atoms with Gasteiger partial charge in [-0.25, -0.2) is 21.3 Å². The minimum atomic E-state index is -1.18. The summed E-state index contributed by atoms with van der Waals surface area (Å²) in [5, 5.41) is 12.1. The molecule has 0 radical (unpaired) electrons. The van der Waals surface area contributed by atoms with Gasteiger partial charge in [0, 0.05) is 42.8 Å². The molecule has 9 heteroatoms. The Morgan fingerprint density at radius 1 is 1.16 bits per heavy atom. The summed E-state index contributed by atoms with van der Waals surface area (Å²) in [6, 6.07) is 12.2. The van der Waals surface area contributed by atoms with Crippen LogP contribution in [0.15, 0.2) is 49.1 Å². The zero-order valence-electron chi connectivity index (χ0n) is 20.7. The van der Waals surface area contributed by atoms with Crippen LogP contribution < -0.4 is 9.80 Å². The van der Waals surface area contributed by atoms with E-state index in [1.165, 1.54) is 17.0 Å². The minimum absolute atomic E-state index is 0.156. The first-order valence-electron chi connectivity index (χ1n) is 12.3. The van der Waals surface area contributed by atoms with E-state index in [9.17, 15) is 14.7 Å². The van der Waals surface area contributed by atoms with Crippen LogP contribution in [0, 0.1) is 13.5 Å². The zero-order chi connectivity index (χ0) is 26.1. The summed E-state index contributed by atoms with van der Waals surface area (Å²) < 4.78 is 0. The second-order valence-electron chi connectivity index (χ2n) is 9.40. The van der Waals surface area contributed by atoms with E-state index in [-0.39, 0.29) is 24.3 Å². The summed E-state index contributed by atoms with van der Waals surface area (Å²) >= 11 is 0. The van der Waals surface area contributed by atoms with Gasteiger partial charge in [-0.2, -0.15) is 0 Å². The van der Waals surface area contributed by atoms with Crippen LogP contribution in [0.2, 0.25) is 0 Å². The summed E-state index contributed by atoms with van der Waals surface area (Å²) in [7, 11) is 0. The van der Waals surface area contributed by atoms with Gasteiger partial charge in [-0.1, -0.05) is 36.9 Å². The van der Waals surface area contributed by atoms with Crippen LogP contribution in [-0.2, 0) is 17.8 Å². The molecule has 0 unspecified atom stereocenters. The van der Waals surface area contributed by atoms with Crippen molar-refractivity contribution >= 4 is 34.2 Å². The molecule has 0 bridgehead atoms. The molecule has 0 aliphatic carbocycles. The molecule has 9 nitrogen and oxygen atoms in total. The Hall–Kier alpha value is -4.45. The standard InChI is InChI=1S/C28H28N6O3/c1-4-24(35)34-14-13-33(16-20(34)15-29-3)27-21-11-12-32(17-22(21)30-26(31-27)28(36)37)23-10-6-9-19-8-5-7-18(2)25(19)23/h4-10,20H,1,11-17H2,2H3,(H,36,37)/t20-/m0/s1. The quantitative estimate of drug-likeness (QED) is 0.428. The molecule has 1 saturated heterocycles. The molecule has 1 aromatic heterocycles. The first-order valence-corrected chi connectivity index (χ1v) is 12.3. The molecule has 1 fully saturated rings. The molecule has 1 N–H and O–H groups in total. The van der Waals surface area contributed by atoms with Crippen LogP contribution in [-0.4, -0.2) is 70.6 Å². The van der Waals surface area contributed by atoms with E-state index in [0.29, 0.717) is 44.1 Å². The third kappa shape index (κ3) is 4.47. The molecule has 1 amide bonds. The smallest absolute Gasteiger partial charge is 0.374 e. The highest BCUT2D eigenvalue weighted by Crippen LogP contribution is 2.35. The second-order valence-corrected chi connectivity index (χ2v) is 9.40. The first kappa shape index (κ1) is 24.3. The first-order chi connectivity index (χ1) is 17.9. The largest absolute Gasteiger partial charge is 0.475 e. The van der Waals surface area contributed by atoms with Crippen molar-refractivity contribution in [3.8, 4) is 0 Å². The number of fused-ring (bicyclic) bond motifs is 2. The van der Waals surface area contributed by atoms with Crippen LogP contribution in [0.4, 0.5) is 11.5 Å². The third-order valence-corrected chi connectivity index (χ3v) is 7.21. The lowest BCUT2D eigenvalue weighted by atomic mass is 9.99. The molecule has 3 aromatic rings. The van der Waals surface area contributed by atoms with Gasteiger partial charge >= 0.3 is 5.97 Å². The van der Waals surface area contributed by atoms with Crippen molar-refractivity contribution in [2.24, 2.45) is 0 Å². The maximum absolute atomic E-state index is 12.3. The van der Waals surface area contributed by atoms with Gasteiger partial charge in [0.05, 0.1) is 12.2 Å². The number of carbonyl (C=O) groups excluding carboxylic acids is 1. The summed E-state index contributed by atoms with van der Waals surface area (Å²) in [6.45, 7) is 15.7. The predicted octanol–water partition coefficient (Wildman–Crippen LogP) is 3.32. The zero-order valence-corrected chi connectivity index (χ0v) is 20.7. The van der Waals surface area contributed by atoms with E-state index in [1.807, 2.05) is 11.0 Å². The van der Waals surface area contributed by atoms with Gasteiger partial charge in [-0.3, -0.25) is 4.79 Å². The number of benzene rings is 2. The molecule has 1 atom stereocenters. The van der Waals surface area contributed by atoms with Gasteiger partial charge in [0.15, 0.2) is 0 Å². The number of carboxylic acid groups (broad SMARTS) is 1. The van der Waals surface area contributed by atoms with E-state index in [0.717, 1.165) is 23.2 Å². The topological polar surface area (TPSA) is 94.2 Å². The number of amides is 1. The highest BCUT2D eigenvalue weighted by Gasteiger charge is 2.35. The Labute approximate surface area is 215 Å². The van der Waals surface area contributed by atoms with E-state index in [4.69, 9.17) is 6.57 Å². The van der Waals surface area contributed by atoms with Crippen molar-refractivity contribution in [2.45, 2.75) is 25.9 Å². The van der Waals surface area contributed by atoms with Crippen LogP contribution in [0.5, 0.6) is 0 Å². The number of carboxylic acids is 1. The predicted molar refractivity (Wildman–Crippen MR) is 142 cm³/mol. The average molecular weight is 497 g/mol. The highest BCUT2D eigenvalue weighted by atomic mass is 16.4. The number of rotatable bonds is 5. The van der Waals surface area contributed by atoms with Crippen molar-refractivity contribution in [3.05, 3.63) is 83.1 Å². The lowest BCUT2D eigenvalue weighted by molar-refractivity contribution is -0.128. The minimum Gasteiger partial charge on any atom is -0.475 e. The van der Waals surface area contributed by atoms with Crippen LogP contribution in [0.3, 0.4) is 0 Å². The molecule has 0 saturated carbocycles. The normalized spacial score (nSPS) is 17.3. The van der Waals surface area contributed by atoms with E-state index in [1.54, 1.807) is 4.90 Å². The Bertz CT molecular complexity index is 1440. The number of aryl methyl sites for hydroxylation is 1. The number of hydrogen-bond acceptors (Lipinski definition) is 6. The lowest BCUT2D eigenvalue weighted by Crippen LogP contribution is -2.56. The summed E-state index contributed by atoms with van der Waals surface area (Å²) in [5.74, 6) is -1.03. The molecule has 0 spiro atoms. The van der Waals surface area contributed by atoms with Gasteiger partial charge in [0.1, 0.15) is 11.9 Å². The molecule has 2 aromatic carbocycles. The fourth-order valence-corrected chi connectivity index (χ4v) is 5.46. The van der Waals surface area contributed by atoms with Gasteiger partial charge in [0.25, 0.3) is 0 Å². The molecule has 3 heterocycles. The summed E-state index contributed by atoms with van der Waals surface area (Å²) in [4.78, 5) is 42.7. The molecule has 2 aliphatic heterocycles. The number of aromatic carboxylic acids is 1. The number of hydrogen-bond donors (Lipinski definition) is 1. The number of anilines is 2. The van der Waals surface area contributed by atoms with E-state index >= 15 is 0 Å². The fraction of sp³-hybridized carbons (Fsp3) is 0.321. The third-order valence-electron chi connectivity index (χ3n) is 7.21. The number of nitrogens with zero attached hydrogens (tertiary/aromatic N) is 6. The van der Waals surface area contributed by atoms with E-state index in [2.05, 4.69) is 63.5 Å². The molecule has 188 valence electrons. The van der Waals surface area contributed by atoms with Gasteiger partial charge in [0.2, 0.25) is 18.3 Å². The van der Waals surface area contributed by atoms with Crippen LogP contribution in [0.25, 0.3) is 15.6 Å². The van der Waals surface area contributed by atoms with Crippen molar-refractivity contribution in [3.63, 3.8) is 0 Å². The van der Waals surface area contributed by atoms with Crippen molar-refractivity contribution < 1.29 is 14.7 Å². The molecule has 5 rings (SSSR count). The molecule has 37 heavy (non-hydrogen) atoms. The van der Waals surface area contributed by atoms with Crippen LogP contribution in [0.1, 0.15) is 27.4 Å². The van der Waals surface area contributed by atoms with Crippen molar-refractivity contribution in [1.29, 1.82) is 0 Å². The summed E-state index contributed by atoms with van der Waals surface area (Å²) in [6.07, 6.45) is 1.93.